The lowest BCUT2D eigenvalue weighted by molar-refractivity contribution is -0.137. The number of para-hydroxylation sites is 1. The van der Waals surface area contributed by atoms with Crippen molar-refractivity contribution in [3.8, 4) is 16.9 Å². The summed E-state index contributed by atoms with van der Waals surface area (Å²) in [6.45, 7) is 0. The summed E-state index contributed by atoms with van der Waals surface area (Å²) in [7, 11) is 0. The number of carbonyl (C=O) groups is 1. The van der Waals surface area contributed by atoms with Crippen LogP contribution >= 0.6 is 11.6 Å². The fraction of sp³-hybridized carbons (Fsp3) is 0.0476. The van der Waals surface area contributed by atoms with Crippen molar-refractivity contribution in [3.05, 3.63) is 83.0 Å². The Kier molecular flexibility index (Phi) is 5.73. The van der Waals surface area contributed by atoms with Gasteiger partial charge in [0.1, 0.15) is 11.4 Å². The first-order chi connectivity index (χ1) is 15.6. The van der Waals surface area contributed by atoms with E-state index < -0.39 is 29.3 Å². The quantitative estimate of drug-likeness (QED) is 0.320. The van der Waals surface area contributed by atoms with Crippen LogP contribution < -0.4 is 11.1 Å². The summed E-state index contributed by atoms with van der Waals surface area (Å²) in [5.41, 5.74) is 4.90. The van der Waals surface area contributed by atoms with Crippen molar-refractivity contribution in [2.75, 3.05) is 11.1 Å². The van der Waals surface area contributed by atoms with Crippen molar-refractivity contribution in [3.63, 3.8) is 0 Å². The van der Waals surface area contributed by atoms with Gasteiger partial charge in [-0.25, -0.2) is 9.37 Å². The number of hydrogen-bond donors (Lipinski definition) is 2. The zero-order valence-corrected chi connectivity index (χ0v) is 17.2. The van der Waals surface area contributed by atoms with E-state index in [0.29, 0.717) is 22.1 Å². The number of anilines is 2. The maximum atomic E-state index is 14.8. The third kappa shape index (κ3) is 4.48. The van der Waals surface area contributed by atoms with Crippen LogP contribution in [0, 0.1) is 5.82 Å². The second kappa shape index (κ2) is 8.51. The third-order valence-corrected chi connectivity index (χ3v) is 4.90. The Morgan fingerprint density at radius 2 is 1.76 bits per heavy atom. The Bertz CT molecular complexity index is 1340. The Hall–Kier alpha value is -3.99. The predicted octanol–water partition coefficient (Wildman–Crippen LogP) is 4.98. The van der Waals surface area contributed by atoms with E-state index in [1.165, 1.54) is 18.5 Å². The molecule has 0 saturated heterocycles. The molecule has 168 valence electrons. The van der Waals surface area contributed by atoms with Crippen LogP contribution in [-0.4, -0.2) is 25.9 Å². The van der Waals surface area contributed by atoms with Crippen LogP contribution in [-0.2, 0) is 6.18 Å². The zero-order chi connectivity index (χ0) is 23.8. The lowest BCUT2D eigenvalue weighted by atomic mass is 10.0. The highest BCUT2D eigenvalue weighted by Crippen LogP contribution is 2.35. The van der Waals surface area contributed by atoms with E-state index in [1.807, 2.05) is 0 Å². The Morgan fingerprint density at radius 3 is 2.42 bits per heavy atom. The van der Waals surface area contributed by atoms with Crippen LogP contribution in [0.5, 0.6) is 0 Å². The summed E-state index contributed by atoms with van der Waals surface area (Å²) in [6.07, 6.45) is -1.42. The Morgan fingerprint density at radius 1 is 1.06 bits per heavy atom. The first-order valence-electron chi connectivity index (χ1n) is 9.24. The zero-order valence-electron chi connectivity index (χ0n) is 16.4. The van der Waals surface area contributed by atoms with Crippen molar-refractivity contribution in [1.29, 1.82) is 0 Å². The number of amides is 1. The van der Waals surface area contributed by atoms with Crippen molar-refractivity contribution < 1.29 is 22.4 Å². The molecule has 2 aromatic carbocycles. The largest absolute Gasteiger partial charge is 0.420 e. The Labute approximate surface area is 188 Å². The summed E-state index contributed by atoms with van der Waals surface area (Å²) < 4.78 is 55.4. The highest BCUT2D eigenvalue weighted by atomic mass is 35.5. The molecule has 0 atom stereocenters. The van der Waals surface area contributed by atoms with Crippen LogP contribution in [0.1, 0.15) is 15.9 Å². The molecule has 0 unspecified atom stereocenters. The van der Waals surface area contributed by atoms with E-state index in [1.54, 1.807) is 24.3 Å². The second-order valence-corrected chi connectivity index (χ2v) is 7.17. The number of nitrogen functional groups attached to an aromatic ring is 1. The number of hydrogen-bond acceptors (Lipinski definition) is 5. The molecule has 2 heterocycles. The summed E-state index contributed by atoms with van der Waals surface area (Å²) in [6, 6.07) is 9.29. The van der Waals surface area contributed by atoms with Gasteiger partial charge in [-0.2, -0.15) is 23.4 Å². The third-order valence-electron chi connectivity index (χ3n) is 4.59. The van der Waals surface area contributed by atoms with Gasteiger partial charge in [0.2, 0.25) is 0 Å². The molecular formula is C21H13ClF4N6O. The van der Waals surface area contributed by atoms with Gasteiger partial charge in [0, 0.05) is 16.8 Å². The summed E-state index contributed by atoms with van der Waals surface area (Å²) >= 11 is 6.18. The lowest BCUT2D eigenvalue weighted by Crippen LogP contribution is -2.17. The number of halogens is 5. The minimum atomic E-state index is -4.81. The SMILES string of the molecule is Nc1ccccc1-c1cc(Cl)c(C(=O)Nc2cnc(-n3nccn3)c(C(F)(F)F)c2)cc1F. The van der Waals surface area contributed by atoms with Crippen molar-refractivity contribution in [1.82, 2.24) is 20.0 Å². The molecule has 0 radical (unpaired) electrons. The van der Waals surface area contributed by atoms with Gasteiger partial charge >= 0.3 is 6.18 Å². The highest BCUT2D eigenvalue weighted by molar-refractivity contribution is 6.34. The van der Waals surface area contributed by atoms with E-state index in [2.05, 4.69) is 20.5 Å². The topological polar surface area (TPSA) is 98.7 Å². The highest BCUT2D eigenvalue weighted by Gasteiger charge is 2.36. The fourth-order valence-electron chi connectivity index (χ4n) is 3.09. The molecule has 3 N–H and O–H groups in total. The number of nitrogens with one attached hydrogen (secondary N) is 1. The van der Waals surface area contributed by atoms with Gasteiger partial charge in [0.15, 0.2) is 5.82 Å². The van der Waals surface area contributed by atoms with E-state index >= 15 is 0 Å². The van der Waals surface area contributed by atoms with E-state index in [4.69, 9.17) is 17.3 Å². The Balaban J connectivity index is 1.66. The van der Waals surface area contributed by atoms with Crippen LogP contribution in [0.2, 0.25) is 5.02 Å². The monoisotopic (exact) mass is 476 g/mol. The normalized spacial score (nSPS) is 11.4. The van der Waals surface area contributed by atoms with Gasteiger partial charge in [0.25, 0.3) is 5.91 Å². The number of nitrogens with two attached hydrogens (primary N) is 1. The molecular weight excluding hydrogens is 464 g/mol. The van der Waals surface area contributed by atoms with Crippen molar-refractivity contribution in [2.24, 2.45) is 0 Å². The maximum absolute atomic E-state index is 14.8. The van der Waals surface area contributed by atoms with Gasteiger partial charge in [-0.15, -0.1) is 4.80 Å². The van der Waals surface area contributed by atoms with Crippen LogP contribution in [0.4, 0.5) is 28.9 Å². The molecule has 4 rings (SSSR count). The fourth-order valence-corrected chi connectivity index (χ4v) is 3.34. The first-order valence-corrected chi connectivity index (χ1v) is 9.62. The number of pyridine rings is 1. The molecule has 0 bridgehead atoms. The standard InChI is InChI=1S/C21H13ClF4N6O/c22-16-8-13(12-3-1-2-4-18(12)27)17(23)9-14(16)20(33)31-11-7-15(21(24,25)26)19(28-10-11)32-29-5-6-30-32/h1-10H,27H2,(H,31,33). The minimum absolute atomic E-state index is 0.0757. The molecule has 0 aliphatic carbocycles. The average molecular weight is 477 g/mol. The van der Waals surface area contributed by atoms with Gasteiger partial charge in [0.05, 0.1) is 34.9 Å². The molecule has 7 nitrogen and oxygen atoms in total. The summed E-state index contributed by atoms with van der Waals surface area (Å²) in [4.78, 5) is 17.1. The number of alkyl halides is 3. The molecule has 12 heteroatoms. The van der Waals surface area contributed by atoms with Gasteiger partial charge in [-0.3, -0.25) is 4.79 Å². The number of benzene rings is 2. The molecule has 1 amide bonds. The first kappa shape index (κ1) is 22.2. The minimum Gasteiger partial charge on any atom is -0.398 e. The van der Waals surface area contributed by atoms with Gasteiger partial charge in [-0.05, 0) is 24.3 Å². The molecule has 0 fully saturated rings. The van der Waals surface area contributed by atoms with Crippen LogP contribution in [0.25, 0.3) is 16.9 Å². The molecule has 0 aliphatic rings. The van der Waals surface area contributed by atoms with Crippen LogP contribution in [0.3, 0.4) is 0 Å². The van der Waals surface area contributed by atoms with Gasteiger partial charge < -0.3 is 11.1 Å². The maximum Gasteiger partial charge on any atom is 0.420 e. The van der Waals surface area contributed by atoms with Crippen molar-refractivity contribution in [2.45, 2.75) is 6.18 Å². The number of rotatable bonds is 4. The molecule has 4 aromatic rings. The molecule has 2 aromatic heterocycles. The molecule has 33 heavy (non-hydrogen) atoms. The van der Waals surface area contributed by atoms with Crippen molar-refractivity contribution >= 4 is 28.9 Å². The number of nitrogens with zero attached hydrogens (tertiary/aromatic N) is 4. The summed E-state index contributed by atoms with van der Waals surface area (Å²) in [5, 5.41) is 9.43. The van der Waals surface area contributed by atoms with E-state index in [9.17, 15) is 22.4 Å². The van der Waals surface area contributed by atoms with Crippen LogP contribution in [0.15, 0.2) is 61.1 Å². The molecule has 0 aliphatic heterocycles. The molecule has 0 saturated carbocycles. The van der Waals surface area contributed by atoms with Gasteiger partial charge in [-0.1, -0.05) is 29.8 Å². The van der Waals surface area contributed by atoms with E-state index in [-0.39, 0.29) is 21.8 Å². The number of carbonyl (C=O) groups excluding carboxylic acids is 1. The number of aromatic nitrogens is 4. The smallest absolute Gasteiger partial charge is 0.398 e. The lowest BCUT2D eigenvalue weighted by Gasteiger charge is -2.14. The molecule has 0 spiro atoms. The average Bonchev–Trinajstić information content (AvgIpc) is 3.30. The predicted molar refractivity (Wildman–Crippen MR) is 113 cm³/mol. The second-order valence-electron chi connectivity index (χ2n) is 6.76. The van der Waals surface area contributed by atoms with E-state index in [0.717, 1.165) is 12.3 Å². The summed E-state index contributed by atoms with van der Waals surface area (Å²) in [5.74, 6) is -2.28.